The lowest BCUT2D eigenvalue weighted by Crippen LogP contribution is -2.67. The van der Waals surface area contributed by atoms with Crippen molar-refractivity contribution in [3.05, 3.63) is 59.4 Å². The fourth-order valence-corrected chi connectivity index (χ4v) is 13.1. The van der Waals surface area contributed by atoms with Gasteiger partial charge in [-0.15, -0.1) is 0 Å². The lowest BCUT2D eigenvalue weighted by atomic mass is 9.32. The molecule has 1 heterocycles. The van der Waals surface area contributed by atoms with Crippen LogP contribution in [0.2, 0.25) is 0 Å². The Bertz CT molecular complexity index is 1810. The number of fused-ring (bicyclic) bond motifs is 8. The third kappa shape index (κ3) is 4.74. The van der Waals surface area contributed by atoms with E-state index >= 15 is 0 Å². The first-order valence-electron chi connectivity index (χ1n) is 18.7. The first-order chi connectivity index (χ1) is 23.5. The van der Waals surface area contributed by atoms with E-state index in [2.05, 4.69) is 47.3 Å². The molecule has 0 unspecified atom stereocenters. The lowest BCUT2D eigenvalue weighted by Gasteiger charge is -2.72. The zero-order valence-corrected chi connectivity index (χ0v) is 30.9. The highest BCUT2D eigenvalue weighted by Gasteiger charge is 2.72. The average molecular weight is 680 g/mol. The minimum Gasteiger partial charge on any atom is -0.465 e. The quantitative estimate of drug-likeness (QED) is 0.178. The van der Waals surface area contributed by atoms with E-state index in [9.17, 15) is 19.6 Å². The molecule has 4 fully saturated rings. The number of hydrogen-bond donors (Lipinski definition) is 0. The summed E-state index contributed by atoms with van der Waals surface area (Å²) in [6.07, 6.45) is 10.4. The van der Waals surface area contributed by atoms with E-state index < -0.39 is 10.8 Å². The van der Waals surface area contributed by atoms with Gasteiger partial charge in [0, 0.05) is 25.5 Å². The molecule has 0 saturated heterocycles. The predicted molar refractivity (Wildman–Crippen MR) is 189 cm³/mol. The van der Waals surface area contributed by atoms with Crippen molar-refractivity contribution >= 4 is 17.8 Å². The highest BCUT2D eigenvalue weighted by Crippen LogP contribution is 2.77. The molecule has 5 aliphatic rings. The number of aromatic nitrogens is 2. The van der Waals surface area contributed by atoms with Crippen LogP contribution in [0.5, 0.6) is 5.75 Å². The van der Waals surface area contributed by atoms with Gasteiger partial charge >= 0.3 is 11.9 Å². The fourth-order valence-electron chi connectivity index (χ4n) is 13.1. The number of nitrogens with zero attached hydrogens (tertiary/aromatic N) is 3. The summed E-state index contributed by atoms with van der Waals surface area (Å²) >= 11 is 0. The number of rotatable bonds is 5. The number of esters is 2. The van der Waals surface area contributed by atoms with Gasteiger partial charge < -0.3 is 9.47 Å². The lowest BCUT2D eigenvalue weighted by molar-refractivity contribution is -0.229. The molecular weight excluding hydrogens is 626 g/mol. The van der Waals surface area contributed by atoms with Crippen molar-refractivity contribution in [2.75, 3.05) is 6.61 Å². The molecule has 2 aromatic rings. The molecule has 0 bridgehead atoms. The number of nitriles is 1. The molecule has 1 aromatic heterocycles. The number of hydrogen-bond acceptors (Lipinski definition) is 7. The minimum atomic E-state index is -0.560. The molecule has 0 radical (unpaired) electrons. The van der Waals surface area contributed by atoms with Crippen LogP contribution in [0.15, 0.2) is 42.6 Å². The minimum absolute atomic E-state index is 0.000948. The van der Waals surface area contributed by atoms with Gasteiger partial charge in [-0.1, -0.05) is 39.8 Å². The largest absolute Gasteiger partial charge is 0.465 e. The van der Waals surface area contributed by atoms with Crippen molar-refractivity contribution in [3.8, 4) is 11.8 Å². The first kappa shape index (κ1) is 34.7. The third-order valence-electron chi connectivity index (χ3n) is 15.5. The van der Waals surface area contributed by atoms with Gasteiger partial charge in [-0.2, -0.15) is 10.4 Å². The molecule has 266 valence electrons. The molecular formula is C42H53N3O5. The van der Waals surface area contributed by atoms with Gasteiger partial charge in [-0.05, 0) is 140 Å². The van der Waals surface area contributed by atoms with Gasteiger partial charge in [0.1, 0.15) is 12.4 Å². The Kier molecular flexibility index (Phi) is 8.09. The maximum Gasteiger partial charge on any atom is 0.317 e. The van der Waals surface area contributed by atoms with E-state index in [0.29, 0.717) is 23.1 Å². The number of carbonyl (C=O) groups excluding carboxylic acids is 3. The Hall–Kier alpha value is -3.73. The molecule has 0 N–H and O–H groups in total. The van der Waals surface area contributed by atoms with E-state index in [4.69, 9.17) is 14.6 Å². The monoisotopic (exact) mass is 679 g/mol. The molecule has 10 atom stereocenters. The zero-order valence-electron chi connectivity index (χ0n) is 30.9. The Morgan fingerprint density at radius 1 is 0.940 bits per heavy atom. The fraction of sp³-hybridized carbons (Fsp3) is 0.643. The van der Waals surface area contributed by atoms with Gasteiger partial charge in [0.05, 0.1) is 22.7 Å². The number of benzene rings is 1. The van der Waals surface area contributed by atoms with Crippen LogP contribution >= 0.6 is 0 Å². The second kappa shape index (κ2) is 11.6. The van der Waals surface area contributed by atoms with Gasteiger partial charge in [0.2, 0.25) is 5.91 Å². The second-order valence-electron chi connectivity index (χ2n) is 17.7. The molecule has 4 saturated carbocycles. The second-order valence-corrected chi connectivity index (χ2v) is 17.7. The van der Waals surface area contributed by atoms with Crippen molar-refractivity contribution in [1.29, 1.82) is 5.26 Å². The third-order valence-corrected chi connectivity index (χ3v) is 15.5. The van der Waals surface area contributed by atoms with Crippen LogP contribution in [0.4, 0.5) is 0 Å². The van der Waals surface area contributed by atoms with E-state index in [-0.39, 0.29) is 58.5 Å². The molecule has 8 heteroatoms. The van der Waals surface area contributed by atoms with Crippen molar-refractivity contribution in [2.45, 2.75) is 112 Å². The summed E-state index contributed by atoms with van der Waals surface area (Å²) in [6, 6.07) is 9.02. The molecule has 5 aliphatic carbocycles. The van der Waals surface area contributed by atoms with Crippen LogP contribution in [0.25, 0.3) is 0 Å². The summed E-state index contributed by atoms with van der Waals surface area (Å²) in [6.45, 7) is 19.6. The van der Waals surface area contributed by atoms with E-state index in [1.54, 1.807) is 31.2 Å². The van der Waals surface area contributed by atoms with Crippen LogP contribution in [0, 0.1) is 62.6 Å². The Balaban J connectivity index is 1.26. The summed E-state index contributed by atoms with van der Waals surface area (Å²) in [5, 5.41) is 14.1. The molecule has 0 aliphatic heterocycles. The van der Waals surface area contributed by atoms with Crippen LogP contribution < -0.4 is 4.74 Å². The average Bonchev–Trinajstić information content (AvgIpc) is 3.68. The summed E-state index contributed by atoms with van der Waals surface area (Å²) in [4.78, 5) is 39.2. The van der Waals surface area contributed by atoms with E-state index in [1.165, 1.54) is 17.2 Å². The predicted octanol–water partition coefficient (Wildman–Crippen LogP) is 8.23. The first-order valence-corrected chi connectivity index (χ1v) is 18.7. The van der Waals surface area contributed by atoms with Gasteiger partial charge in [-0.3, -0.25) is 14.4 Å². The number of ether oxygens (including phenoxy) is 2. The zero-order chi connectivity index (χ0) is 36.0. The highest BCUT2D eigenvalue weighted by atomic mass is 16.5. The van der Waals surface area contributed by atoms with Gasteiger partial charge in [-0.25, -0.2) is 4.68 Å². The number of carbonyl (C=O) groups is 3. The molecule has 50 heavy (non-hydrogen) atoms. The van der Waals surface area contributed by atoms with Crippen molar-refractivity contribution in [2.24, 2.45) is 51.2 Å². The van der Waals surface area contributed by atoms with E-state index in [0.717, 1.165) is 69.0 Å². The normalized spacial score (nSPS) is 39.8. The number of allylic oxidation sites excluding steroid dienone is 1. The summed E-state index contributed by atoms with van der Waals surface area (Å²) < 4.78 is 13.5. The molecule has 0 amide bonds. The topological polar surface area (TPSA) is 111 Å². The maximum absolute atomic E-state index is 14.4. The molecule has 0 spiro atoms. The standard InChI is InChI=1S/C42H53N3O5/c1-25(2)31-15-18-42(37(48)50-30-11-9-28(22-43)10-12-30)20-19-40(7)32(35(31)42)13-14-34-38(5)21-29-23-45(26(3)46)44-36(29)39(6,24-49-27(4)47)33(38)16-17-41(34,40)8/h9-12,23,31-35H,1,13-21,24H2,2-8H3/t31-,32+,33+,34+,35+,38-,39-,40+,41+,42-/m0/s1. The summed E-state index contributed by atoms with van der Waals surface area (Å²) in [5.41, 5.74) is 2.55. The van der Waals surface area contributed by atoms with Crippen molar-refractivity contribution in [1.82, 2.24) is 9.78 Å². The Morgan fingerprint density at radius 2 is 1.66 bits per heavy atom. The van der Waals surface area contributed by atoms with Crippen LogP contribution in [0.1, 0.15) is 121 Å². The maximum atomic E-state index is 14.4. The highest BCUT2D eigenvalue weighted by molar-refractivity contribution is 5.80. The smallest absolute Gasteiger partial charge is 0.317 e. The van der Waals surface area contributed by atoms with Crippen molar-refractivity contribution in [3.63, 3.8) is 0 Å². The molecule has 8 nitrogen and oxygen atoms in total. The SMILES string of the molecule is C=C(C)[C@@H]1CC[C@]2(C(=O)Oc3ccc(C#N)cc3)CC[C@]3(C)[C@H](CC[C@@H]4[C@@]5(C)Cc6cn(C(C)=O)nc6[C@@](C)(COC(C)=O)[C@@H]5CC[C@]43C)[C@@H]12. The van der Waals surface area contributed by atoms with Gasteiger partial charge in [0.25, 0.3) is 0 Å². The van der Waals surface area contributed by atoms with Gasteiger partial charge in [0.15, 0.2) is 0 Å². The van der Waals surface area contributed by atoms with Crippen LogP contribution in [-0.4, -0.2) is 34.2 Å². The molecule has 7 rings (SSSR count). The van der Waals surface area contributed by atoms with Crippen molar-refractivity contribution < 1.29 is 23.9 Å². The Labute approximate surface area is 297 Å². The van der Waals surface area contributed by atoms with Crippen LogP contribution in [-0.2, 0) is 26.2 Å². The molecule has 1 aromatic carbocycles. The Morgan fingerprint density at radius 3 is 2.30 bits per heavy atom. The van der Waals surface area contributed by atoms with Crippen LogP contribution in [0.3, 0.4) is 0 Å². The van der Waals surface area contributed by atoms with E-state index in [1.807, 2.05) is 6.20 Å². The summed E-state index contributed by atoms with van der Waals surface area (Å²) in [7, 11) is 0. The summed E-state index contributed by atoms with van der Waals surface area (Å²) in [5.74, 6) is 1.37.